The van der Waals surface area contributed by atoms with Crippen LogP contribution in [-0.2, 0) is 0 Å². The van der Waals surface area contributed by atoms with Crippen molar-refractivity contribution in [2.24, 2.45) is 0 Å². The molecule has 0 bridgehead atoms. The lowest BCUT2D eigenvalue weighted by Crippen LogP contribution is -2.57. The van der Waals surface area contributed by atoms with Gasteiger partial charge in [0.25, 0.3) is 0 Å². The maximum atomic E-state index is 12.6. The molecule has 0 atom stereocenters. The number of nitrogens with zero attached hydrogens (tertiary/aromatic N) is 3. The molecule has 0 unspecified atom stereocenters. The largest absolute Gasteiger partial charge is 0.335 e. The van der Waals surface area contributed by atoms with E-state index in [0.717, 1.165) is 25.7 Å². The first-order chi connectivity index (χ1) is 11.6. The van der Waals surface area contributed by atoms with E-state index in [1.807, 2.05) is 21.7 Å². The van der Waals surface area contributed by atoms with Gasteiger partial charge in [-0.25, -0.2) is 9.59 Å². The van der Waals surface area contributed by atoms with Gasteiger partial charge in [-0.3, -0.25) is 0 Å². The van der Waals surface area contributed by atoms with Crippen LogP contribution >= 0.6 is 0 Å². The Bertz CT molecular complexity index is 436. The van der Waals surface area contributed by atoms with Crippen molar-refractivity contribution in [2.75, 3.05) is 33.2 Å². The number of carbonyl (C=O) groups excluding carboxylic acids is 2. The van der Waals surface area contributed by atoms with E-state index in [4.69, 9.17) is 0 Å². The molecular weight excluding hydrogens is 304 g/mol. The number of hydrogen-bond acceptors (Lipinski definition) is 2. The number of hydrogen-bond donors (Lipinski definition) is 1. The van der Waals surface area contributed by atoms with Crippen LogP contribution in [0.2, 0.25) is 0 Å². The maximum absolute atomic E-state index is 12.6. The van der Waals surface area contributed by atoms with Gasteiger partial charge in [-0.15, -0.1) is 0 Å². The topological polar surface area (TPSA) is 55.9 Å². The summed E-state index contributed by atoms with van der Waals surface area (Å²) >= 11 is 0. The second kappa shape index (κ2) is 8.08. The molecule has 4 amide bonds. The summed E-state index contributed by atoms with van der Waals surface area (Å²) in [5.41, 5.74) is 0. The van der Waals surface area contributed by atoms with E-state index < -0.39 is 0 Å². The molecule has 1 N–H and O–H groups in total. The van der Waals surface area contributed by atoms with Gasteiger partial charge >= 0.3 is 12.1 Å². The van der Waals surface area contributed by atoms with Crippen molar-refractivity contribution in [3.05, 3.63) is 0 Å². The lowest BCUT2D eigenvalue weighted by atomic mass is 9.96. The minimum atomic E-state index is 0.0538. The lowest BCUT2D eigenvalue weighted by Gasteiger charge is -2.38. The summed E-state index contributed by atoms with van der Waals surface area (Å²) in [6.45, 7) is 2.58. The zero-order chi connectivity index (χ0) is 16.9. The number of nitrogens with one attached hydrogen (secondary N) is 1. The van der Waals surface area contributed by atoms with Gasteiger partial charge in [-0.2, -0.15) is 0 Å². The molecule has 1 saturated heterocycles. The fourth-order valence-corrected chi connectivity index (χ4v) is 4.28. The normalized spacial score (nSPS) is 23.4. The fraction of sp³-hybridized carbons (Fsp3) is 0.889. The molecule has 3 fully saturated rings. The first-order valence-electron chi connectivity index (χ1n) is 9.72. The predicted molar refractivity (Wildman–Crippen MR) is 94.0 cm³/mol. The quantitative estimate of drug-likeness (QED) is 0.843. The molecule has 2 saturated carbocycles. The highest BCUT2D eigenvalue weighted by atomic mass is 16.2. The van der Waals surface area contributed by atoms with Crippen LogP contribution in [0.15, 0.2) is 0 Å². The molecule has 0 aromatic carbocycles. The average Bonchev–Trinajstić information content (AvgIpc) is 3.16. The Morgan fingerprint density at radius 2 is 1.38 bits per heavy atom. The number of piperazine rings is 1. The second-order valence-electron chi connectivity index (χ2n) is 7.59. The van der Waals surface area contributed by atoms with Crippen molar-refractivity contribution in [1.82, 2.24) is 20.0 Å². The molecule has 2 aliphatic carbocycles. The van der Waals surface area contributed by atoms with Gasteiger partial charge in [-0.1, -0.05) is 32.1 Å². The van der Waals surface area contributed by atoms with Crippen LogP contribution in [0.5, 0.6) is 0 Å². The SMILES string of the molecule is CN(C(=O)N1CCN(C(=O)NC2CCCCC2)CC1)C1CCCC1. The first-order valence-corrected chi connectivity index (χ1v) is 9.72. The molecule has 3 rings (SSSR count). The summed E-state index contributed by atoms with van der Waals surface area (Å²) in [5, 5.41) is 3.17. The predicted octanol–water partition coefficient (Wildman–Crippen LogP) is 2.64. The maximum Gasteiger partial charge on any atom is 0.320 e. The van der Waals surface area contributed by atoms with Crippen LogP contribution < -0.4 is 5.32 Å². The third kappa shape index (κ3) is 4.14. The third-order valence-electron chi connectivity index (χ3n) is 5.94. The summed E-state index contributed by atoms with van der Waals surface area (Å²) < 4.78 is 0. The average molecular weight is 336 g/mol. The van der Waals surface area contributed by atoms with E-state index in [0.29, 0.717) is 38.3 Å². The van der Waals surface area contributed by atoms with E-state index in [-0.39, 0.29) is 12.1 Å². The molecule has 136 valence electrons. The van der Waals surface area contributed by atoms with E-state index in [1.54, 1.807) is 0 Å². The number of amides is 4. The number of urea groups is 2. The summed E-state index contributed by atoms with van der Waals surface area (Å²) in [4.78, 5) is 30.7. The summed E-state index contributed by atoms with van der Waals surface area (Å²) in [6.07, 6.45) is 10.7. The van der Waals surface area contributed by atoms with Crippen LogP contribution in [-0.4, -0.2) is 72.1 Å². The second-order valence-corrected chi connectivity index (χ2v) is 7.59. The van der Waals surface area contributed by atoms with E-state index in [9.17, 15) is 9.59 Å². The minimum Gasteiger partial charge on any atom is -0.335 e. The molecule has 0 aromatic rings. The molecule has 1 heterocycles. The highest BCUT2D eigenvalue weighted by Crippen LogP contribution is 2.23. The molecule has 3 aliphatic rings. The van der Waals surface area contributed by atoms with Crippen LogP contribution in [0.25, 0.3) is 0 Å². The lowest BCUT2D eigenvalue weighted by molar-refractivity contribution is 0.113. The van der Waals surface area contributed by atoms with Gasteiger partial charge in [0.15, 0.2) is 0 Å². The summed E-state index contributed by atoms with van der Waals surface area (Å²) in [6, 6.07) is 0.942. The van der Waals surface area contributed by atoms with Gasteiger partial charge < -0.3 is 20.0 Å². The Morgan fingerprint density at radius 1 is 0.833 bits per heavy atom. The Balaban J connectivity index is 1.42. The van der Waals surface area contributed by atoms with Crippen molar-refractivity contribution in [3.8, 4) is 0 Å². The van der Waals surface area contributed by atoms with Crippen LogP contribution in [0.4, 0.5) is 9.59 Å². The highest BCUT2D eigenvalue weighted by Gasteiger charge is 2.30. The molecule has 0 spiro atoms. The smallest absolute Gasteiger partial charge is 0.320 e. The van der Waals surface area contributed by atoms with Crippen LogP contribution in [0, 0.1) is 0 Å². The van der Waals surface area contributed by atoms with Gasteiger partial charge in [0.1, 0.15) is 0 Å². The molecular formula is C18H32N4O2. The summed E-state index contributed by atoms with van der Waals surface area (Å²) in [7, 11) is 1.93. The number of carbonyl (C=O) groups is 2. The molecule has 1 aliphatic heterocycles. The Morgan fingerprint density at radius 3 is 2.00 bits per heavy atom. The minimum absolute atomic E-state index is 0.0538. The molecule has 6 nitrogen and oxygen atoms in total. The van der Waals surface area contributed by atoms with Crippen molar-refractivity contribution in [1.29, 1.82) is 0 Å². The standard InChI is InChI=1S/C18H32N4O2/c1-20(16-9-5-6-10-16)18(24)22-13-11-21(12-14-22)17(23)19-15-7-3-2-4-8-15/h15-16H,2-14H2,1H3,(H,19,23). The van der Waals surface area contributed by atoms with E-state index >= 15 is 0 Å². The van der Waals surface area contributed by atoms with E-state index in [2.05, 4.69) is 5.32 Å². The fourth-order valence-electron chi connectivity index (χ4n) is 4.28. The van der Waals surface area contributed by atoms with Crippen molar-refractivity contribution < 1.29 is 9.59 Å². The first kappa shape index (κ1) is 17.4. The molecule has 0 radical (unpaired) electrons. The Hall–Kier alpha value is -1.46. The van der Waals surface area contributed by atoms with Crippen LogP contribution in [0.1, 0.15) is 57.8 Å². The highest BCUT2D eigenvalue weighted by molar-refractivity contribution is 5.77. The summed E-state index contributed by atoms with van der Waals surface area (Å²) in [5.74, 6) is 0. The molecule has 0 aromatic heterocycles. The zero-order valence-electron chi connectivity index (χ0n) is 15.0. The number of rotatable bonds is 2. The van der Waals surface area contributed by atoms with Gasteiger partial charge in [-0.05, 0) is 25.7 Å². The Labute approximate surface area is 145 Å². The van der Waals surface area contributed by atoms with Crippen molar-refractivity contribution in [2.45, 2.75) is 69.9 Å². The van der Waals surface area contributed by atoms with Gasteiger partial charge in [0.2, 0.25) is 0 Å². The van der Waals surface area contributed by atoms with Crippen molar-refractivity contribution >= 4 is 12.1 Å². The Kier molecular flexibility index (Phi) is 5.85. The van der Waals surface area contributed by atoms with Gasteiger partial charge in [0, 0.05) is 45.3 Å². The monoisotopic (exact) mass is 336 g/mol. The molecule has 24 heavy (non-hydrogen) atoms. The molecule has 6 heteroatoms. The van der Waals surface area contributed by atoms with E-state index in [1.165, 1.54) is 32.1 Å². The van der Waals surface area contributed by atoms with Crippen LogP contribution in [0.3, 0.4) is 0 Å². The zero-order valence-corrected chi connectivity index (χ0v) is 15.0. The van der Waals surface area contributed by atoms with Gasteiger partial charge in [0.05, 0.1) is 0 Å². The van der Waals surface area contributed by atoms with Crippen molar-refractivity contribution in [3.63, 3.8) is 0 Å². The third-order valence-corrected chi connectivity index (χ3v) is 5.94.